The Kier molecular flexibility index (Phi) is 5.36. The topological polar surface area (TPSA) is 72.8 Å². The molecule has 0 unspecified atom stereocenters. The second kappa shape index (κ2) is 7.58. The second-order valence-corrected chi connectivity index (χ2v) is 11.9. The normalized spacial score (nSPS) is 48.8. The van der Waals surface area contributed by atoms with E-state index in [0.717, 1.165) is 63.4 Å². The molecule has 5 aliphatic rings. The smallest absolute Gasteiger partial charge is 0.331 e. The molecule has 0 bridgehead atoms. The van der Waals surface area contributed by atoms with Gasteiger partial charge >= 0.3 is 11.9 Å². The van der Waals surface area contributed by atoms with Crippen molar-refractivity contribution in [2.45, 2.75) is 83.3 Å². The highest BCUT2D eigenvalue weighted by molar-refractivity contribution is 9.09. The molecule has 0 aromatic carbocycles. The molecule has 0 saturated heterocycles. The molecule has 4 aliphatic carbocycles. The summed E-state index contributed by atoms with van der Waals surface area (Å²) in [5, 5.41) is 12.5. The lowest BCUT2D eigenvalue weighted by Gasteiger charge is -2.63. The molecule has 1 heterocycles. The summed E-state index contributed by atoms with van der Waals surface area (Å²) in [6.45, 7) is 5.12. The van der Waals surface area contributed by atoms with Crippen LogP contribution in [0.3, 0.4) is 0 Å². The minimum absolute atomic E-state index is 0.0410. The van der Waals surface area contributed by atoms with Crippen molar-refractivity contribution in [3.05, 3.63) is 11.6 Å². The van der Waals surface area contributed by atoms with Gasteiger partial charge in [-0.15, -0.1) is 0 Å². The Morgan fingerprint density at radius 3 is 2.68 bits per heavy atom. The van der Waals surface area contributed by atoms with Gasteiger partial charge in [-0.2, -0.15) is 0 Å². The van der Waals surface area contributed by atoms with Crippen molar-refractivity contribution in [1.29, 1.82) is 0 Å². The highest BCUT2D eigenvalue weighted by Crippen LogP contribution is 2.70. The van der Waals surface area contributed by atoms with Gasteiger partial charge in [-0.25, -0.2) is 4.79 Å². The van der Waals surface area contributed by atoms with E-state index in [1.54, 1.807) is 6.08 Å². The molecule has 31 heavy (non-hydrogen) atoms. The zero-order chi connectivity index (χ0) is 22.0. The highest BCUT2D eigenvalue weighted by atomic mass is 79.9. The summed E-state index contributed by atoms with van der Waals surface area (Å²) in [6.07, 6.45) is 10.8. The number of halogens is 1. The van der Waals surface area contributed by atoms with E-state index in [1.165, 1.54) is 0 Å². The SMILES string of the molecule is C[C@]12CC[C@H](OC(=O)CBr)C[C@@H]1CC[C@H]1[C@H]2CC[C@]2(C)[C@@H](C3=CC(=O)OC3)CC[C@]12O. The quantitative estimate of drug-likeness (QED) is 0.460. The number of hydrogen-bond donors (Lipinski definition) is 1. The molecule has 4 saturated carbocycles. The fraction of sp³-hybridized carbons (Fsp3) is 0.840. The van der Waals surface area contributed by atoms with Crippen LogP contribution >= 0.6 is 15.9 Å². The molecule has 8 atom stereocenters. The van der Waals surface area contributed by atoms with Gasteiger partial charge in [0.1, 0.15) is 18.0 Å². The van der Waals surface area contributed by atoms with Crippen molar-refractivity contribution in [1.82, 2.24) is 0 Å². The summed E-state index contributed by atoms with van der Waals surface area (Å²) in [5.74, 6) is 1.25. The monoisotopic (exact) mass is 494 g/mol. The van der Waals surface area contributed by atoms with Crippen LogP contribution in [0.4, 0.5) is 0 Å². The van der Waals surface area contributed by atoms with Crippen molar-refractivity contribution in [2.75, 3.05) is 11.9 Å². The van der Waals surface area contributed by atoms with Crippen LogP contribution in [0.1, 0.15) is 71.6 Å². The second-order valence-electron chi connectivity index (χ2n) is 11.3. The number of fused-ring (bicyclic) bond motifs is 5. The Balaban J connectivity index is 1.37. The van der Waals surface area contributed by atoms with Crippen LogP contribution in [0.15, 0.2) is 11.6 Å². The van der Waals surface area contributed by atoms with E-state index in [9.17, 15) is 14.7 Å². The number of ether oxygens (including phenoxy) is 2. The summed E-state index contributed by atoms with van der Waals surface area (Å²) in [6, 6.07) is 0. The number of alkyl halides is 1. The summed E-state index contributed by atoms with van der Waals surface area (Å²) >= 11 is 3.20. The van der Waals surface area contributed by atoms with Crippen molar-refractivity contribution in [3.63, 3.8) is 0 Å². The van der Waals surface area contributed by atoms with E-state index in [1.807, 2.05) is 0 Å². The number of carbonyl (C=O) groups is 2. The lowest BCUT2D eigenvalue weighted by Crippen LogP contribution is -2.62. The lowest BCUT2D eigenvalue weighted by atomic mass is 9.43. The van der Waals surface area contributed by atoms with E-state index in [0.29, 0.717) is 24.4 Å². The average molecular weight is 495 g/mol. The standard InChI is InChI=1S/C25H35BrO5/c1-23-8-5-17(31-22(28)13-26)12-16(23)3-4-20-19(23)6-9-24(2)18(7-10-25(20,24)29)15-11-21(27)30-14-15/h11,16-20,29H,3-10,12-14H2,1-2H3/t16-,17-,18+,19+,20-,23-,24+,25-/m0/s1. The molecular weight excluding hydrogens is 460 g/mol. The first-order valence-corrected chi connectivity index (χ1v) is 13.2. The zero-order valence-corrected chi connectivity index (χ0v) is 20.3. The summed E-state index contributed by atoms with van der Waals surface area (Å²) in [5.41, 5.74) is 0.456. The molecule has 6 heteroatoms. The third kappa shape index (κ3) is 3.18. The van der Waals surface area contributed by atoms with E-state index >= 15 is 0 Å². The Morgan fingerprint density at radius 1 is 1.16 bits per heavy atom. The van der Waals surface area contributed by atoms with E-state index in [2.05, 4.69) is 29.8 Å². The number of cyclic esters (lactones) is 1. The fourth-order valence-electron chi connectivity index (χ4n) is 8.69. The van der Waals surface area contributed by atoms with Crippen LogP contribution in [-0.4, -0.2) is 40.7 Å². The maximum Gasteiger partial charge on any atom is 0.331 e. The molecule has 0 spiro atoms. The molecule has 0 aromatic heterocycles. The van der Waals surface area contributed by atoms with Crippen molar-refractivity contribution in [2.24, 2.45) is 34.5 Å². The van der Waals surface area contributed by atoms with Crippen LogP contribution < -0.4 is 0 Å². The molecule has 4 fully saturated rings. The predicted octanol–water partition coefficient (Wildman–Crippen LogP) is 4.55. The molecule has 5 nitrogen and oxygen atoms in total. The predicted molar refractivity (Wildman–Crippen MR) is 119 cm³/mol. The van der Waals surface area contributed by atoms with Gasteiger partial charge in [-0.05, 0) is 92.4 Å². The van der Waals surface area contributed by atoms with Gasteiger partial charge in [-0.3, -0.25) is 4.79 Å². The first-order valence-electron chi connectivity index (χ1n) is 12.1. The number of hydrogen-bond acceptors (Lipinski definition) is 5. The Labute approximate surface area is 193 Å². The van der Waals surface area contributed by atoms with Crippen molar-refractivity contribution >= 4 is 27.9 Å². The van der Waals surface area contributed by atoms with Gasteiger partial charge in [0.15, 0.2) is 0 Å². The van der Waals surface area contributed by atoms with Gasteiger partial charge in [0, 0.05) is 11.5 Å². The minimum Gasteiger partial charge on any atom is -0.462 e. The van der Waals surface area contributed by atoms with Gasteiger partial charge < -0.3 is 14.6 Å². The van der Waals surface area contributed by atoms with Gasteiger partial charge in [0.2, 0.25) is 0 Å². The summed E-state index contributed by atoms with van der Waals surface area (Å²) in [4.78, 5) is 23.5. The van der Waals surface area contributed by atoms with Crippen LogP contribution in [0.5, 0.6) is 0 Å². The Bertz CT molecular complexity index is 810. The minimum atomic E-state index is -0.666. The third-order valence-electron chi connectivity index (χ3n) is 10.3. The van der Waals surface area contributed by atoms with E-state index < -0.39 is 5.60 Å². The average Bonchev–Trinajstić information content (AvgIpc) is 3.28. The van der Waals surface area contributed by atoms with Crippen molar-refractivity contribution < 1.29 is 24.2 Å². The van der Waals surface area contributed by atoms with Crippen LogP contribution in [0.25, 0.3) is 0 Å². The number of rotatable bonds is 3. The maximum absolute atomic E-state index is 12.2. The number of esters is 2. The summed E-state index contributed by atoms with van der Waals surface area (Å²) in [7, 11) is 0. The maximum atomic E-state index is 12.2. The van der Waals surface area contributed by atoms with Gasteiger partial charge in [0.05, 0.1) is 5.60 Å². The number of carbonyl (C=O) groups excluding carboxylic acids is 2. The summed E-state index contributed by atoms with van der Waals surface area (Å²) < 4.78 is 10.9. The largest absolute Gasteiger partial charge is 0.462 e. The Hall–Kier alpha value is -0.880. The molecule has 0 radical (unpaired) electrons. The molecule has 0 aromatic rings. The van der Waals surface area contributed by atoms with Crippen LogP contribution in [-0.2, 0) is 19.1 Å². The zero-order valence-electron chi connectivity index (χ0n) is 18.7. The van der Waals surface area contributed by atoms with Crippen LogP contribution in [0, 0.1) is 34.5 Å². The molecule has 1 aliphatic heterocycles. The highest BCUT2D eigenvalue weighted by Gasteiger charge is 2.67. The third-order valence-corrected chi connectivity index (χ3v) is 10.8. The fourth-order valence-corrected chi connectivity index (χ4v) is 8.83. The lowest BCUT2D eigenvalue weighted by molar-refractivity contribution is -0.209. The molecule has 172 valence electrons. The van der Waals surface area contributed by atoms with Gasteiger partial charge in [-0.1, -0.05) is 29.8 Å². The molecule has 5 rings (SSSR count). The molecule has 1 N–H and O–H groups in total. The first kappa shape index (κ1) is 21.9. The Morgan fingerprint density at radius 2 is 1.97 bits per heavy atom. The van der Waals surface area contributed by atoms with E-state index in [-0.39, 0.29) is 40.1 Å². The van der Waals surface area contributed by atoms with Crippen LogP contribution in [0.2, 0.25) is 0 Å². The first-order chi connectivity index (χ1) is 14.7. The number of aliphatic hydroxyl groups is 1. The van der Waals surface area contributed by atoms with Crippen molar-refractivity contribution in [3.8, 4) is 0 Å². The van der Waals surface area contributed by atoms with E-state index in [4.69, 9.17) is 9.47 Å². The molecule has 0 amide bonds. The molecular formula is C25H35BrO5. The van der Waals surface area contributed by atoms with Gasteiger partial charge in [0.25, 0.3) is 0 Å².